The first-order valence-corrected chi connectivity index (χ1v) is 12.8. The molecule has 0 bridgehead atoms. The Morgan fingerprint density at radius 2 is 1.93 bits per heavy atom. The highest BCUT2D eigenvalue weighted by molar-refractivity contribution is 6.04. The summed E-state index contributed by atoms with van der Waals surface area (Å²) in [5.41, 5.74) is 3.64. The van der Waals surface area contributed by atoms with Gasteiger partial charge in [0.15, 0.2) is 0 Å². The summed E-state index contributed by atoms with van der Waals surface area (Å²) in [6.07, 6.45) is 6.27. The summed E-state index contributed by atoms with van der Waals surface area (Å²) in [7, 11) is 0. The van der Waals surface area contributed by atoms with Crippen LogP contribution in [-0.4, -0.2) is 51.8 Å². The lowest BCUT2D eigenvalue weighted by molar-refractivity contribution is -0.0925. The first kappa shape index (κ1) is 25.8. The summed E-state index contributed by atoms with van der Waals surface area (Å²) in [4.78, 5) is 22.0. The molecule has 0 unspecified atom stereocenters. The van der Waals surface area contributed by atoms with E-state index in [-0.39, 0.29) is 30.5 Å². The van der Waals surface area contributed by atoms with E-state index < -0.39 is 17.4 Å². The van der Waals surface area contributed by atoms with Crippen LogP contribution < -0.4 is 5.32 Å². The van der Waals surface area contributed by atoms with Gasteiger partial charge in [0.05, 0.1) is 24.5 Å². The maximum atomic E-state index is 13.4. The molecule has 0 atom stereocenters. The van der Waals surface area contributed by atoms with Crippen LogP contribution in [0.15, 0.2) is 59.6 Å². The molecule has 6 rings (SSSR count). The van der Waals surface area contributed by atoms with Crippen LogP contribution in [0.1, 0.15) is 54.5 Å². The van der Waals surface area contributed by atoms with E-state index in [0.717, 1.165) is 16.7 Å². The number of hydrogen-bond acceptors (Lipinski definition) is 7. The largest absolute Gasteiger partial charge is 0.389 e. The van der Waals surface area contributed by atoms with Crippen molar-refractivity contribution in [2.45, 2.75) is 57.6 Å². The number of nitrogens with zero attached hydrogens (tertiary/aromatic N) is 6. The Morgan fingerprint density at radius 1 is 1.15 bits per heavy atom. The normalized spacial score (nSPS) is 15.3. The number of carbonyl (C=O) groups excluding carboxylic acids is 1. The number of pyridine rings is 1. The van der Waals surface area contributed by atoms with Crippen molar-refractivity contribution in [2.75, 3.05) is 5.32 Å². The van der Waals surface area contributed by atoms with Crippen molar-refractivity contribution < 1.29 is 23.2 Å². The Kier molecular flexibility index (Phi) is 6.02. The van der Waals surface area contributed by atoms with Crippen LogP contribution in [0.2, 0.25) is 0 Å². The molecule has 0 radical (unpaired) electrons. The van der Waals surface area contributed by atoms with Crippen molar-refractivity contribution in [2.24, 2.45) is 0 Å². The third-order valence-electron chi connectivity index (χ3n) is 6.88. The van der Waals surface area contributed by atoms with E-state index in [2.05, 4.69) is 25.5 Å². The van der Waals surface area contributed by atoms with Crippen molar-refractivity contribution >= 4 is 17.2 Å². The van der Waals surface area contributed by atoms with Gasteiger partial charge in [0.2, 0.25) is 17.6 Å². The van der Waals surface area contributed by atoms with Gasteiger partial charge in [0, 0.05) is 53.5 Å². The number of imidazole rings is 1. The fourth-order valence-electron chi connectivity index (χ4n) is 4.75. The van der Waals surface area contributed by atoms with E-state index in [1.54, 1.807) is 41.3 Å². The van der Waals surface area contributed by atoms with Crippen molar-refractivity contribution in [3.05, 3.63) is 72.3 Å². The van der Waals surface area contributed by atoms with Gasteiger partial charge in [-0.25, -0.2) is 13.8 Å². The topological polar surface area (TPSA) is 123 Å². The number of aliphatic hydroxyl groups is 1. The predicted octanol–water partition coefficient (Wildman–Crippen LogP) is 5.09. The molecule has 206 valence electrons. The number of alkyl halides is 2. The average Bonchev–Trinajstić information content (AvgIpc) is 3.62. The van der Waals surface area contributed by atoms with E-state index in [4.69, 9.17) is 4.52 Å². The summed E-state index contributed by atoms with van der Waals surface area (Å²) in [5, 5.41) is 21.3. The Morgan fingerprint density at radius 3 is 2.67 bits per heavy atom. The maximum Gasteiger partial charge on any atom is 0.274 e. The molecule has 0 saturated heterocycles. The van der Waals surface area contributed by atoms with Gasteiger partial charge in [0.1, 0.15) is 11.3 Å². The summed E-state index contributed by atoms with van der Waals surface area (Å²) in [6.45, 7) is 5.63. The lowest BCUT2D eigenvalue weighted by Crippen LogP contribution is -2.33. The van der Waals surface area contributed by atoms with E-state index >= 15 is 0 Å². The minimum atomic E-state index is -2.68. The molecule has 1 aliphatic rings. The number of halogens is 2. The SMILES string of the molecule is Cc1ccc(-c2noc(C3CC(F)(F)C3)n2)cc1NC(=O)c1cnc2ccc(-c3cnn(CC(C)(C)O)c3)cn12. The van der Waals surface area contributed by atoms with E-state index in [1.165, 1.54) is 6.20 Å². The molecular formula is C28H27F2N7O3. The average molecular weight is 548 g/mol. The Labute approximate surface area is 227 Å². The summed E-state index contributed by atoms with van der Waals surface area (Å²) < 4.78 is 35.1. The minimum absolute atomic E-state index is 0.194. The van der Waals surface area contributed by atoms with Crippen molar-refractivity contribution in [3.8, 4) is 22.5 Å². The van der Waals surface area contributed by atoms with Gasteiger partial charge < -0.3 is 14.9 Å². The number of amides is 1. The molecule has 5 aromatic rings. The number of anilines is 1. The van der Waals surface area contributed by atoms with E-state index in [1.807, 2.05) is 37.5 Å². The molecule has 1 aromatic carbocycles. The lowest BCUT2D eigenvalue weighted by atomic mass is 9.81. The van der Waals surface area contributed by atoms with Crippen LogP contribution in [0.25, 0.3) is 28.2 Å². The van der Waals surface area contributed by atoms with Gasteiger partial charge in [-0.3, -0.25) is 13.9 Å². The number of rotatable bonds is 7. The summed E-state index contributed by atoms with van der Waals surface area (Å²) in [6, 6.07) is 9.04. The summed E-state index contributed by atoms with van der Waals surface area (Å²) >= 11 is 0. The van der Waals surface area contributed by atoms with Gasteiger partial charge in [-0.1, -0.05) is 17.3 Å². The van der Waals surface area contributed by atoms with Gasteiger partial charge in [-0.05, 0) is 44.5 Å². The van der Waals surface area contributed by atoms with Crippen molar-refractivity contribution in [3.63, 3.8) is 0 Å². The van der Waals surface area contributed by atoms with Crippen LogP contribution in [0.3, 0.4) is 0 Å². The predicted molar refractivity (Wildman–Crippen MR) is 142 cm³/mol. The second-order valence-corrected chi connectivity index (χ2v) is 10.9. The zero-order valence-corrected chi connectivity index (χ0v) is 22.1. The molecule has 0 aliphatic heterocycles. The quantitative estimate of drug-likeness (QED) is 0.291. The monoisotopic (exact) mass is 547 g/mol. The Bertz CT molecular complexity index is 1720. The molecule has 1 aliphatic carbocycles. The third-order valence-corrected chi connectivity index (χ3v) is 6.88. The molecular weight excluding hydrogens is 520 g/mol. The highest BCUT2D eigenvalue weighted by atomic mass is 19.3. The number of carbonyl (C=O) groups is 1. The fraction of sp³-hybridized carbons (Fsp3) is 0.321. The van der Waals surface area contributed by atoms with Gasteiger partial charge in [-0.2, -0.15) is 10.1 Å². The standard InChI is InChI=1S/C28H27F2N7O3/c1-16-4-5-17(24-34-26(40-35-24)19-9-28(29,30)10-19)8-21(16)33-25(38)22-12-31-23-7-6-18(14-37(22)23)20-11-32-36(13-20)15-27(2,3)39/h4-8,11-14,19,39H,9-10,15H2,1-3H3,(H,33,38). The molecule has 0 spiro atoms. The molecule has 1 fully saturated rings. The second-order valence-electron chi connectivity index (χ2n) is 10.9. The Hall–Kier alpha value is -4.45. The number of hydrogen-bond donors (Lipinski definition) is 2. The third kappa shape index (κ3) is 5.09. The molecule has 1 saturated carbocycles. The van der Waals surface area contributed by atoms with Crippen LogP contribution >= 0.6 is 0 Å². The molecule has 2 N–H and O–H groups in total. The van der Waals surface area contributed by atoms with E-state index in [0.29, 0.717) is 29.1 Å². The molecule has 1 amide bonds. The van der Waals surface area contributed by atoms with Gasteiger partial charge in [0.25, 0.3) is 5.91 Å². The minimum Gasteiger partial charge on any atom is -0.389 e. The maximum absolute atomic E-state index is 13.4. The number of fused-ring (bicyclic) bond motifs is 1. The molecule has 10 nitrogen and oxygen atoms in total. The van der Waals surface area contributed by atoms with Crippen LogP contribution in [0.5, 0.6) is 0 Å². The van der Waals surface area contributed by atoms with Crippen molar-refractivity contribution in [1.29, 1.82) is 0 Å². The fourth-order valence-corrected chi connectivity index (χ4v) is 4.75. The number of benzene rings is 1. The smallest absolute Gasteiger partial charge is 0.274 e. The van der Waals surface area contributed by atoms with Crippen LogP contribution in [-0.2, 0) is 6.54 Å². The highest BCUT2D eigenvalue weighted by Crippen LogP contribution is 2.48. The number of aryl methyl sites for hydroxylation is 1. The molecule has 4 aromatic heterocycles. The van der Waals surface area contributed by atoms with Crippen LogP contribution in [0.4, 0.5) is 14.5 Å². The van der Waals surface area contributed by atoms with E-state index in [9.17, 15) is 18.7 Å². The second kappa shape index (κ2) is 9.33. The molecule has 12 heteroatoms. The number of aromatic nitrogens is 6. The zero-order chi connectivity index (χ0) is 28.2. The molecule has 40 heavy (non-hydrogen) atoms. The molecule has 4 heterocycles. The first-order chi connectivity index (χ1) is 18.9. The Balaban J connectivity index is 1.23. The zero-order valence-electron chi connectivity index (χ0n) is 22.1. The highest BCUT2D eigenvalue weighted by Gasteiger charge is 2.48. The lowest BCUT2D eigenvalue weighted by Gasteiger charge is -2.31. The number of nitrogens with one attached hydrogen (secondary N) is 1. The van der Waals surface area contributed by atoms with Gasteiger partial charge in [-0.15, -0.1) is 0 Å². The van der Waals surface area contributed by atoms with Crippen molar-refractivity contribution in [1.82, 2.24) is 29.3 Å². The summed E-state index contributed by atoms with van der Waals surface area (Å²) in [5.74, 6) is -3.03. The van der Waals surface area contributed by atoms with Crippen LogP contribution in [0, 0.1) is 6.92 Å². The first-order valence-electron chi connectivity index (χ1n) is 12.8. The van der Waals surface area contributed by atoms with Gasteiger partial charge >= 0.3 is 0 Å².